The molecule has 0 fully saturated rings. The maximum absolute atomic E-state index is 11.9. The van der Waals surface area contributed by atoms with Gasteiger partial charge in [-0.05, 0) is 18.3 Å². The Morgan fingerprint density at radius 3 is 2.06 bits per heavy atom. The third-order valence-corrected chi connectivity index (χ3v) is 2.64. The van der Waals surface area contributed by atoms with Gasteiger partial charge in [-0.1, -0.05) is 27.7 Å². The summed E-state index contributed by atoms with van der Waals surface area (Å²) in [7, 11) is 0. The minimum atomic E-state index is -1.01. The van der Waals surface area contributed by atoms with Crippen LogP contribution in [0.4, 0.5) is 0 Å². The van der Waals surface area contributed by atoms with Crippen molar-refractivity contribution in [3.05, 3.63) is 0 Å². The normalized spacial score (nSPS) is 14.8. The number of amides is 1. The van der Waals surface area contributed by atoms with E-state index in [-0.39, 0.29) is 24.3 Å². The van der Waals surface area contributed by atoms with E-state index in [1.165, 1.54) is 0 Å². The zero-order valence-electron chi connectivity index (χ0n) is 11.1. The van der Waals surface area contributed by atoms with Gasteiger partial charge in [0, 0.05) is 6.54 Å². The molecular formula is C12H24N2O3. The summed E-state index contributed by atoms with van der Waals surface area (Å²) in [5, 5.41) is 11.5. The Hall–Kier alpha value is -1.10. The van der Waals surface area contributed by atoms with Crippen LogP contribution in [0.5, 0.6) is 0 Å². The van der Waals surface area contributed by atoms with Crippen molar-refractivity contribution in [3.63, 3.8) is 0 Å². The van der Waals surface area contributed by atoms with Crippen molar-refractivity contribution in [2.24, 2.45) is 23.5 Å². The largest absolute Gasteiger partial charge is 0.480 e. The van der Waals surface area contributed by atoms with E-state index >= 15 is 0 Å². The highest BCUT2D eigenvalue weighted by molar-refractivity contribution is 5.85. The van der Waals surface area contributed by atoms with Gasteiger partial charge in [-0.25, -0.2) is 4.79 Å². The zero-order chi connectivity index (χ0) is 13.6. The molecule has 0 rings (SSSR count). The fourth-order valence-corrected chi connectivity index (χ4v) is 1.66. The summed E-state index contributed by atoms with van der Waals surface area (Å²) in [5.74, 6) is -1.36. The number of nitrogens with one attached hydrogen (secondary N) is 1. The average molecular weight is 244 g/mol. The smallest absolute Gasteiger partial charge is 0.326 e. The quantitative estimate of drug-likeness (QED) is 0.618. The van der Waals surface area contributed by atoms with E-state index in [1.807, 2.05) is 13.8 Å². The van der Waals surface area contributed by atoms with Gasteiger partial charge in [0.25, 0.3) is 0 Å². The Kier molecular flexibility index (Phi) is 6.80. The van der Waals surface area contributed by atoms with E-state index in [9.17, 15) is 9.59 Å². The lowest BCUT2D eigenvalue weighted by Crippen LogP contribution is -2.48. The topological polar surface area (TPSA) is 92.4 Å². The number of carboxylic acids is 1. The van der Waals surface area contributed by atoms with Crippen LogP contribution in [0.15, 0.2) is 0 Å². The van der Waals surface area contributed by atoms with Crippen molar-refractivity contribution in [2.45, 2.75) is 40.2 Å². The second kappa shape index (κ2) is 7.27. The second-order valence-corrected chi connectivity index (χ2v) is 5.13. The molecule has 0 radical (unpaired) electrons. The first-order valence-electron chi connectivity index (χ1n) is 6.02. The maximum Gasteiger partial charge on any atom is 0.326 e. The lowest BCUT2D eigenvalue weighted by Gasteiger charge is -2.22. The van der Waals surface area contributed by atoms with Crippen LogP contribution in [0, 0.1) is 17.8 Å². The van der Waals surface area contributed by atoms with E-state index in [1.54, 1.807) is 13.8 Å². The highest BCUT2D eigenvalue weighted by atomic mass is 16.4. The SMILES string of the molecule is CC(C)CC(CN)C(=O)NC(C(=O)O)C(C)C. The number of carbonyl (C=O) groups is 2. The van der Waals surface area contributed by atoms with Crippen LogP contribution in [0.25, 0.3) is 0 Å². The molecule has 17 heavy (non-hydrogen) atoms. The van der Waals surface area contributed by atoms with Gasteiger partial charge in [-0.3, -0.25) is 4.79 Å². The number of hydrogen-bond acceptors (Lipinski definition) is 3. The maximum atomic E-state index is 11.9. The molecule has 0 spiro atoms. The summed E-state index contributed by atoms with van der Waals surface area (Å²) < 4.78 is 0. The summed E-state index contributed by atoms with van der Waals surface area (Å²) in [6.07, 6.45) is 0.673. The second-order valence-electron chi connectivity index (χ2n) is 5.13. The molecule has 0 aromatic rings. The van der Waals surface area contributed by atoms with E-state index in [0.29, 0.717) is 12.3 Å². The summed E-state index contributed by atoms with van der Waals surface area (Å²) in [6.45, 7) is 7.78. The number of carboxylic acid groups (broad SMARTS) is 1. The molecule has 0 aromatic carbocycles. The highest BCUT2D eigenvalue weighted by Gasteiger charge is 2.27. The van der Waals surface area contributed by atoms with E-state index < -0.39 is 12.0 Å². The number of rotatable bonds is 7. The van der Waals surface area contributed by atoms with Crippen molar-refractivity contribution >= 4 is 11.9 Å². The van der Waals surface area contributed by atoms with Crippen molar-refractivity contribution in [3.8, 4) is 0 Å². The van der Waals surface area contributed by atoms with Crippen LogP contribution in [0.2, 0.25) is 0 Å². The molecule has 100 valence electrons. The van der Waals surface area contributed by atoms with Crippen LogP contribution < -0.4 is 11.1 Å². The van der Waals surface area contributed by atoms with Crippen LogP contribution in [-0.4, -0.2) is 29.6 Å². The molecule has 0 heterocycles. The summed E-state index contributed by atoms with van der Waals surface area (Å²) in [5.41, 5.74) is 5.54. The standard InChI is InChI=1S/C12H24N2O3/c1-7(2)5-9(6-13)11(15)14-10(8(3)4)12(16)17/h7-10H,5-6,13H2,1-4H3,(H,14,15)(H,16,17). The molecule has 0 aromatic heterocycles. The van der Waals surface area contributed by atoms with Gasteiger partial charge >= 0.3 is 5.97 Å². The van der Waals surface area contributed by atoms with Crippen LogP contribution in [-0.2, 0) is 9.59 Å². The first kappa shape index (κ1) is 15.9. The molecule has 0 aliphatic carbocycles. The Bertz CT molecular complexity index is 264. The molecule has 0 saturated carbocycles. The predicted molar refractivity (Wildman–Crippen MR) is 66.4 cm³/mol. The lowest BCUT2D eigenvalue weighted by atomic mass is 9.95. The third-order valence-electron chi connectivity index (χ3n) is 2.64. The number of aliphatic carboxylic acids is 1. The summed E-state index contributed by atoms with van der Waals surface area (Å²) in [4.78, 5) is 22.8. The van der Waals surface area contributed by atoms with Crippen molar-refractivity contribution in [1.82, 2.24) is 5.32 Å². The minimum absolute atomic E-state index is 0.145. The van der Waals surface area contributed by atoms with Crippen molar-refractivity contribution in [1.29, 1.82) is 0 Å². The van der Waals surface area contributed by atoms with Crippen LogP contribution >= 0.6 is 0 Å². The van der Waals surface area contributed by atoms with Gasteiger partial charge in [0.1, 0.15) is 6.04 Å². The molecule has 4 N–H and O–H groups in total. The third kappa shape index (κ3) is 5.68. The molecule has 0 bridgehead atoms. The number of hydrogen-bond donors (Lipinski definition) is 3. The molecule has 2 atom stereocenters. The fraction of sp³-hybridized carbons (Fsp3) is 0.833. The average Bonchev–Trinajstić information content (AvgIpc) is 2.20. The van der Waals surface area contributed by atoms with Gasteiger partial charge in [0.05, 0.1) is 5.92 Å². The Morgan fingerprint density at radius 2 is 1.76 bits per heavy atom. The molecule has 5 heteroatoms. The van der Waals surface area contributed by atoms with Crippen LogP contribution in [0.3, 0.4) is 0 Å². The molecule has 0 saturated heterocycles. The van der Waals surface area contributed by atoms with Gasteiger partial charge in [-0.15, -0.1) is 0 Å². The van der Waals surface area contributed by atoms with Gasteiger partial charge in [0.15, 0.2) is 0 Å². The highest BCUT2D eigenvalue weighted by Crippen LogP contribution is 2.12. The number of nitrogens with two attached hydrogens (primary N) is 1. The van der Waals surface area contributed by atoms with Gasteiger partial charge < -0.3 is 16.2 Å². The molecular weight excluding hydrogens is 220 g/mol. The minimum Gasteiger partial charge on any atom is -0.480 e. The van der Waals surface area contributed by atoms with Crippen molar-refractivity contribution < 1.29 is 14.7 Å². The molecule has 0 aliphatic heterocycles. The Morgan fingerprint density at radius 1 is 1.24 bits per heavy atom. The van der Waals surface area contributed by atoms with E-state index in [0.717, 1.165) is 0 Å². The zero-order valence-corrected chi connectivity index (χ0v) is 11.1. The molecule has 0 aliphatic rings. The Labute approximate surface area is 103 Å². The molecule has 2 unspecified atom stereocenters. The fourth-order valence-electron chi connectivity index (χ4n) is 1.66. The van der Waals surface area contributed by atoms with Gasteiger partial charge in [0.2, 0.25) is 5.91 Å². The lowest BCUT2D eigenvalue weighted by molar-refractivity contribution is -0.143. The Balaban J connectivity index is 4.52. The van der Waals surface area contributed by atoms with E-state index in [2.05, 4.69) is 5.32 Å². The van der Waals surface area contributed by atoms with E-state index in [4.69, 9.17) is 10.8 Å². The molecule has 1 amide bonds. The number of carbonyl (C=O) groups excluding carboxylic acids is 1. The van der Waals surface area contributed by atoms with Crippen LogP contribution in [0.1, 0.15) is 34.1 Å². The summed E-state index contributed by atoms with van der Waals surface area (Å²) >= 11 is 0. The first-order valence-corrected chi connectivity index (χ1v) is 6.02. The predicted octanol–water partition coefficient (Wildman–Crippen LogP) is 0.833. The van der Waals surface area contributed by atoms with Crippen molar-refractivity contribution in [2.75, 3.05) is 6.54 Å². The first-order chi connectivity index (χ1) is 7.79. The monoisotopic (exact) mass is 244 g/mol. The van der Waals surface area contributed by atoms with Gasteiger partial charge in [-0.2, -0.15) is 0 Å². The summed E-state index contributed by atoms with van der Waals surface area (Å²) in [6, 6.07) is -0.844. The molecule has 5 nitrogen and oxygen atoms in total.